The summed E-state index contributed by atoms with van der Waals surface area (Å²) in [5.74, 6) is 0.383. The molecular weight excluding hydrogens is 350 g/mol. The highest BCUT2D eigenvalue weighted by atomic mass is 16.5. The fourth-order valence-electron chi connectivity index (χ4n) is 4.24. The van der Waals surface area contributed by atoms with E-state index in [1.54, 1.807) is 0 Å². The van der Waals surface area contributed by atoms with Gasteiger partial charge in [-0.25, -0.2) is 0 Å². The van der Waals surface area contributed by atoms with E-state index < -0.39 is 0 Å². The van der Waals surface area contributed by atoms with Crippen molar-refractivity contribution < 1.29 is 9.53 Å². The van der Waals surface area contributed by atoms with Crippen LogP contribution in [-0.2, 0) is 9.53 Å². The van der Waals surface area contributed by atoms with Gasteiger partial charge in [0.2, 0.25) is 5.91 Å². The average molecular weight is 398 g/mol. The molecule has 1 rings (SSSR count). The first-order valence-corrected chi connectivity index (χ1v) is 11.6. The molecule has 5 nitrogen and oxygen atoms in total. The Morgan fingerprint density at radius 1 is 1.21 bits per heavy atom. The van der Waals surface area contributed by atoms with Gasteiger partial charge in [0.05, 0.1) is 0 Å². The van der Waals surface area contributed by atoms with E-state index in [1.165, 1.54) is 19.4 Å². The first-order chi connectivity index (χ1) is 13.2. The van der Waals surface area contributed by atoms with Crippen molar-refractivity contribution >= 4 is 5.91 Å². The van der Waals surface area contributed by atoms with Crippen molar-refractivity contribution in [2.45, 2.75) is 98.2 Å². The number of ether oxygens (including phenoxy) is 1. The van der Waals surface area contributed by atoms with E-state index in [0.29, 0.717) is 18.7 Å². The van der Waals surface area contributed by atoms with Crippen LogP contribution in [0.2, 0.25) is 0 Å². The fraction of sp³-hybridized carbons (Fsp3) is 0.957. The van der Waals surface area contributed by atoms with Crippen molar-refractivity contribution in [1.82, 2.24) is 15.1 Å². The molecule has 1 saturated heterocycles. The van der Waals surface area contributed by atoms with Gasteiger partial charge in [-0.2, -0.15) is 0 Å². The van der Waals surface area contributed by atoms with E-state index in [9.17, 15) is 4.79 Å². The summed E-state index contributed by atoms with van der Waals surface area (Å²) in [6, 6.07) is 1.25. The number of hydrogen-bond donors (Lipinski definition) is 1. The minimum Gasteiger partial charge on any atom is -0.382 e. The van der Waals surface area contributed by atoms with Crippen LogP contribution in [0.5, 0.6) is 0 Å². The third-order valence-electron chi connectivity index (χ3n) is 6.31. The van der Waals surface area contributed by atoms with E-state index in [4.69, 9.17) is 4.74 Å². The van der Waals surface area contributed by atoms with E-state index in [2.05, 4.69) is 56.7 Å². The van der Waals surface area contributed by atoms with Crippen LogP contribution in [0.15, 0.2) is 0 Å². The van der Waals surface area contributed by atoms with Crippen molar-refractivity contribution in [1.29, 1.82) is 0 Å². The minimum absolute atomic E-state index is 0.155. The van der Waals surface area contributed by atoms with Crippen LogP contribution < -0.4 is 5.32 Å². The summed E-state index contributed by atoms with van der Waals surface area (Å²) in [6.45, 7) is 21.1. The largest absolute Gasteiger partial charge is 0.382 e. The molecule has 0 aromatic carbocycles. The molecule has 1 aliphatic heterocycles. The number of carbonyl (C=O) groups is 1. The lowest BCUT2D eigenvalue weighted by molar-refractivity contribution is -0.128. The van der Waals surface area contributed by atoms with E-state index in [-0.39, 0.29) is 17.4 Å². The summed E-state index contributed by atoms with van der Waals surface area (Å²) in [5.41, 5.74) is -0.199. The Morgan fingerprint density at radius 3 is 2.36 bits per heavy atom. The molecule has 1 amide bonds. The lowest BCUT2D eigenvalue weighted by Crippen LogP contribution is -2.50. The van der Waals surface area contributed by atoms with Gasteiger partial charge in [0.25, 0.3) is 0 Å². The summed E-state index contributed by atoms with van der Waals surface area (Å²) in [6.07, 6.45) is 5.23. The second-order valence-electron chi connectivity index (χ2n) is 9.20. The van der Waals surface area contributed by atoms with Gasteiger partial charge in [-0.05, 0) is 92.9 Å². The zero-order valence-corrected chi connectivity index (χ0v) is 19.7. The highest BCUT2D eigenvalue weighted by Crippen LogP contribution is 2.23. The smallest absolute Gasteiger partial charge is 0.223 e. The highest BCUT2D eigenvalue weighted by Gasteiger charge is 2.31. The normalized spacial score (nSPS) is 18.0. The predicted octanol–water partition coefficient (Wildman–Crippen LogP) is 3.92. The Bertz CT molecular complexity index is 432. The zero-order chi connectivity index (χ0) is 21.2. The lowest BCUT2D eigenvalue weighted by atomic mass is 9.92. The quantitative estimate of drug-likeness (QED) is 0.479. The number of carbonyl (C=O) groups excluding carboxylic acids is 1. The molecule has 0 aromatic rings. The molecule has 1 unspecified atom stereocenters. The van der Waals surface area contributed by atoms with Gasteiger partial charge < -0.3 is 19.9 Å². The Balaban J connectivity index is 2.44. The average Bonchev–Trinajstić information content (AvgIpc) is 2.65. The summed E-state index contributed by atoms with van der Waals surface area (Å²) >= 11 is 0. The molecule has 1 fully saturated rings. The fourth-order valence-corrected chi connectivity index (χ4v) is 4.24. The van der Waals surface area contributed by atoms with Gasteiger partial charge in [-0.15, -0.1) is 0 Å². The second kappa shape index (κ2) is 12.8. The molecule has 1 atom stereocenters. The molecule has 0 aromatic heterocycles. The predicted molar refractivity (Wildman–Crippen MR) is 119 cm³/mol. The van der Waals surface area contributed by atoms with Crippen LogP contribution in [0.25, 0.3) is 0 Å². The Morgan fingerprint density at radius 2 is 1.86 bits per heavy atom. The first kappa shape index (κ1) is 25.4. The van der Waals surface area contributed by atoms with Crippen molar-refractivity contribution in [2.24, 2.45) is 5.92 Å². The molecule has 0 spiro atoms. The van der Waals surface area contributed by atoms with E-state index in [1.807, 2.05) is 6.92 Å². The number of nitrogens with zero attached hydrogens (tertiary/aromatic N) is 2. The summed E-state index contributed by atoms with van der Waals surface area (Å²) in [5, 5.41) is 3.26. The number of piperidine rings is 1. The maximum absolute atomic E-state index is 12.7. The van der Waals surface area contributed by atoms with E-state index >= 15 is 0 Å². The van der Waals surface area contributed by atoms with E-state index in [0.717, 1.165) is 45.5 Å². The molecule has 0 aliphatic carbocycles. The number of likely N-dealkylation sites (tertiary alicyclic amines) is 1. The topological polar surface area (TPSA) is 44.8 Å². The van der Waals surface area contributed by atoms with Gasteiger partial charge >= 0.3 is 0 Å². The van der Waals surface area contributed by atoms with Crippen LogP contribution in [0.1, 0.15) is 80.6 Å². The molecule has 166 valence electrons. The number of rotatable bonds is 13. The molecule has 0 bridgehead atoms. The standard InChI is InChI=1S/C23H47N3O2/c1-8-21(13-17-25(9-2)19(4)5)26-15-11-20(12-16-26)22(27)24-23(6,7)14-18-28-10-3/h19-21H,8-18H2,1-7H3,(H,24,27). The lowest BCUT2D eigenvalue weighted by Gasteiger charge is -2.39. The monoisotopic (exact) mass is 397 g/mol. The molecule has 0 radical (unpaired) electrons. The van der Waals surface area contributed by atoms with Crippen LogP contribution in [0.4, 0.5) is 0 Å². The maximum atomic E-state index is 12.7. The minimum atomic E-state index is -0.199. The van der Waals surface area contributed by atoms with Gasteiger partial charge in [-0.1, -0.05) is 13.8 Å². The molecule has 0 saturated carbocycles. The maximum Gasteiger partial charge on any atom is 0.223 e. The van der Waals surface area contributed by atoms with Crippen molar-refractivity contribution in [3.8, 4) is 0 Å². The van der Waals surface area contributed by atoms with Crippen molar-refractivity contribution in [3.05, 3.63) is 0 Å². The van der Waals surface area contributed by atoms with Gasteiger partial charge in [0, 0.05) is 36.8 Å². The van der Waals surface area contributed by atoms with Crippen LogP contribution in [0, 0.1) is 5.92 Å². The number of nitrogens with one attached hydrogen (secondary N) is 1. The van der Waals surface area contributed by atoms with Gasteiger partial charge in [0.1, 0.15) is 0 Å². The Kier molecular flexibility index (Phi) is 11.6. The second-order valence-corrected chi connectivity index (χ2v) is 9.20. The summed E-state index contributed by atoms with van der Waals surface area (Å²) < 4.78 is 5.45. The molecule has 5 heteroatoms. The third-order valence-corrected chi connectivity index (χ3v) is 6.31. The van der Waals surface area contributed by atoms with Crippen molar-refractivity contribution in [3.63, 3.8) is 0 Å². The molecule has 1 aliphatic rings. The summed E-state index contributed by atoms with van der Waals surface area (Å²) in [7, 11) is 0. The van der Waals surface area contributed by atoms with Gasteiger partial charge in [-0.3, -0.25) is 4.79 Å². The molecular formula is C23H47N3O2. The van der Waals surface area contributed by atoms with Crippen LogP contribution >= 0.6 is 0 Å². The van der Waals surface area contributed by atoms with Gasteiger partial charge in [0.15, 0.2) is 0 Å². The molecule has 1 N–H and O–H groups in total. The molecule has 28 heavy (non-hydrogen) atoms. The number of hydrogen-bond acceptors (Lipinski definition) is 4. The molecule has 1 heterocycles. The van der Waals surface area contributed by atoms with Crippen LogP contribution in [-0.4, -0.2) is 72.7 Å². The van der Waals surface area contributed by atoms with Crippen LogP contribution in [0.3, 0.4) is 0 Å². The first-order valence-electron chi connectivity index (χ1n) is 11.6. The SMILES string of the molecule is CCOCCC(C)(C)NC(=O)C1CCN(C(CC)CCN(CC)C(C)C)CC1. The zero-order valence-electron chi connectivity index (χ0n) is 19.7. The Hall–Kier alpha value is -0.650. The Labute approximate surface area is 174 Å². The summed E-state index contributed by atoms with van der Waals surface area (Å²) in [4.78, 5) is 17.9. The van der Waals surface area contributed by atoms with Crippen molar-refractivity contribution in [2.75, 3.05) is 39.4 Å². The third kappa shape index (κ3) is 8.79. The highest BCUT2D eigenvalue weighted by molar-refractivity contribution is 5.79. The number of amides is 1.